The number of carbonyl (C=O) groups excluding carboxylic acids is 2. The molecular weight excluding hydrogens is 298 g/mol. The van der Waals surface area contributed by atoms with Crippen LogP contribution in [0.4, 0.5) is 0 Å². The molecule has 0 radical (unpaired) electrons. The third kappa shape index (κ3) is 6.47. The average Bonchev–Trinajstić information content (AvgIpc) is 2.44. The van der Waals surface area contributed by atoms with E-state index in [-0.39, 0.29) is 11.8 Å². The number of hydrogen-bond donors (Lipinski definition) is 2. The van der Waals surface area contributed by atoms with Crippen molar-refractivity contribution in [2.24, 2.45) is 17.6 Å². The standard InChI is InChI=1S/C16H25N3O2S/c1-10(2)8-13(15(17)20)19-16(21)12-6-5-7-14(18-12)22-9-11(3)4/h5-7,10-11,13H,8-9H2,1-4H3,(H2,17,20)(H,19,21). The van der Waals surface area contributed by atoms with Crippen LogP contribution >= 0.6 is 11.8 Å². The molecule has 0 fully saturated rings. The number of amides is 2. The lowest BCUT2D eigenvalue weighted by Crippen LogP contribution is -2.45. The molecule has 1 unspecified atom stereocenters. The number of nitrogens with one attached hydrogen (secondary N) is 1. The lowest BCUT2D eigenvalue weighted by molar-refractivity contribution is -0.120. The lowest BCUT2D eigenvalue weighted by atomic mass is 10.0. The van der Waals surface area contributed by atoms with Gasteiger partial charge in [0.25, 0.3) is 5.91 Å². The smallest absolute Gasteiger partial charge is 0.270 e. The first-order valence-corrected chi connectivity index (χ1v) is 8.48. The largest absolute Gasteiger partial charge is 0.368 e. The number of nitrogens with zero attached hydrogens (tertiary/aromatic N) is 1. The van der Waals surface area contributed by atoms with Gasteiger partial charge in [0.05, 0.1) is 5.03 Å². The Bertz CT molecular complexity index is 518. The maximum absolute atomic E-state index is 12.2. The van der Waals surface area contributed by atoms with Crippen molar-refractivity contribution >= 4 is 23.6 Å². The normalized spacial score (nSPS) is 12.5. The third-order valence-electron chi connectivity index (χ3n) is 2.88. The van der Waals surface area contributed by atoms with Gasteiger partial charge in [-0.05, 0) is 30.4 Å². The molecule has 122 valence electrons. The van der Waals surface area contributed by atoms with Crippen LogP contribution in [0.25, 0.3) is 0 Å². The van der Waals surface area contributed by atoms with Crippen LogP contribution in [0, 0.1) is 11.8 Å². The summed E-state index contributed by atoms with van der Waals surface area (Å²) in [6.07, 6.45) is 0.517. The van der Waals surface area contributed by atoms with E-state index in [9.17, 15) is 9.59 Å². The van der Waals surface area contributed by atoms with Gasteiger partial charge >= 0.3 is 0 Å². The Morgan fingerprint density at radius 3 is 2.45 bits per heavy atom. The number of aromatic nitrogens is 1. The van der Waals surface area contributed by atoms with Crippen molar-refractivity contribution in [2.45, 2.75) is 45.2 Å². The Labute approximate surface area is 136 Å². The van der Waals surface area contributed by atoms with Crippen LogP contribution in [0.2, 0.25) is 0 Å². The second-order valence-electron chi connectivity index (χ2n) is 6.12. The zero-order valence-electron chi connectivity index (χ0n) is 13.6. The van der Waals surface area contributed by atoms with E-state index < -0.39 is 11.9 Å². The van der Waals surface area contributed by atoms with Crippen LogP contribution in [0.5, 0.6) is 0 Å². The summed E-state index contributed by atoms with van der Waals surface area (Å²) >= 11 is 1.61. The predicted octanol–water partition coefficient (Wildman–Crippen LogP) is 2.46. The molecule has 1 rings (SSSR count). The molecule has 22 heavy (non-hydrogen) atoms. The highest BCUT2D eigenvalue weighted by molar-refractivity contribution is 7.99. The van der Waals surface area contributed by atoms with Crippen LogP contribution in [0.3, 0.4) is 0 Å². The minimum atomic E-state index is -0.665. The first-order chi connectivity index (χ1) is 10.3. The molecule has 0 aliphatic carbocycles. The highest BCUT2D eigenvalue weighted by atomic mass is 32.2. The second-order valence-corrected chi connectivity index (χ2v) is 7.16. The van der Waals surface area contributed by atoms with E-state index in [1.54, 1.807) is 23.9 Å². The van der Waals surface area contributed by atoms with E-state index in [0.717, 1.165) is 10.8 Å². The molecule has 1 atom stereocenters. The number of pyridine rings is 1. The number of primary amides is 1. The quantitative estimate of drug-likeness (QED) is 0.720. The number of rotatable bonds is 8. The molecule has 5 nitrogen and oxygen atoms in total. The Morgan fingerprint density at radius 1 is 1.23 bits per heavy atom. The predicted molar refractivity (Wildman–Crippen MR) is 89.7 cm³/mol. The van der Waals surface area contributed by atoms with Crippen LogP contribution in [-0.2, 0) is 4.79 Å². The maximum atomic E-state index is 12.2. The molecule has 0 aliphatic heterocycles. The number of carbonyl (C=O) groups is 2. The summed E-state index contributed by atoms with van der Waals surface area (Å²) in [5.41, 5.74) is 5.65. The van der Waals surface area contributed by atoms with Gasteiger partial charge in [0, 0.05) is 5.75 Å². The van der Waals surface area contributed by atoms with Gasteiger partial charge in [-0.2, -0.15) is 0 Å². The summed E-state index contributed by atoms with van der Waals surface area (Å²) in [5, 5.41) is 3.48. The molecule has 2 amide bonds. The van der Waals surface area contributed by atoms with Gasteiger partial charge in [-0.25, -0.2) is 4.98 Å². The van der Waals surface area contributed by atoms with Crippen molar-refractivity contribution in [1.82, 2.24) is 10.3 Å². The minimum Gasteiger partial charge on any atom is -0.368 e. The van der Waals surface area contributed by atoms with Crippen molar-refractivity contribution in [3.8, 4) is 0 Å². The molecular formula is C16H25N3O2S. The van der Waals surface area contributed by atoms with E-state index in [1.165, 1.54) is 0 Å². The molecule has 6 heteroatoms. The molecule has 0 bridgehead atoms. The monoisotopic (exact) mass is 323 g/mol. The molecule has 1 heterocycles. The highest BCUT2D eigenvalue weighted by Gasteiger charge is 2.20. The molecule has 3 N–H and O–H groups in total. The van der Waals surface area contributed by atoms with Crippen molar-refractivity contribution in [3.05, 3.63) is 23.9 Å². The highest BCUT2D eigenvalue weighted by Crippen LogP contribution is 2.18. The number of hydrogen-bond acceptors (Lipinski definition) is 4. The van der Waals surface area contributed by atoms with Crippen molar-refractivity contribution in [2.75, 3.05) is 5.75 Å². The Morgan fingerprint density at radius 2 is 1.91 bits per heavy atom. The van der Waals surface area contributed by atoms with Gasteiger partial charge in [0.1, 0.15) is 11.7 Å². The van der Waals surface area contributed by atoms with Gasteiger partial charge in [-0.1, -0.05) is 33.8 Å². The van der Waals surface area contributed by atoms with Crippen molar-refractivity contribution < 1.29 is 9.59 Å². The van der Waals surface area contributed by atoms with Gasteiger partial charge in [-0.3, -0.25) is 9.59 Å². The van der Waals surface area contributed by atoms with E-state index in [4.69, 9.17) is 5.73 Å². The Balaban J connectivity index is 2.75. The first-order valence-electron chi connectivity index (χ1n) is 7.49. The SMILES string of the molecule is CC(C)CSc1cccc(C(=O)NC(CC(C)C)C(N)=O)n1. The number of thioether (sulfide) groups is 1. The van der Waals surface area contributed by atoms with Gasteiger partial charge in [0.15, 0.2) is 0 Å². The van der Waals surface area contributed by atoms with Gasteiger partial charge < -0.3 is 11.1 Å². The van der Waals surface area contributed by atoms with Crippen LogP contribution in [0.1, 0.15) is 44.6 Å². The summed E-state index contributed by atoms with van der Waals surface area (Å²) in [6.45, 7) is 8.22. The van der Waals surface area contributed by atoms with E-state index in [2.05, 4.69) is 24.1 Å². The summed E-state index contributed by atoms with van der Waals surface area (Å²) in [7, 11) is 0. The summed E-state index contributed by atoms with van der Waals surface area (Å²) in [6, 6.07) is 4.65. The molecule has 0 spiro atoms. The molecule has 0 saturated heterocycles. The summed E-state index contributed by atoms with van der Waals surface area (Å²) < 4.78 is 0. The zero-order valence-corrected chi connectivity index (χ0v) is 14.4. The zero-order chi connectivity index (χ0) is 16.7. The van der Waals surface area contributed by atoms with Gasteiger partial charge in [-0.15, -0.1) is 11.8 Å². The number of nitrogens with two attached hydrogens (primary N) is 1. The fourth-order valence-corrected chi connectivity index (χ4v) is 2.67. The van der Waals surface area contributed by atoms with E-state index in [1.807, 2.05) is 19.9 Å². The Hall–Kier alpha value is -1.56. The molecule has 0 aromatic carbocycles. The third-order valence-corrected chi connectivity index (χ3v) is 4.23. The Kier molecular flexibility index (Phi) is 7.38. The van der Waals surface area contributed by atoms with Crippen molar-refractivity contribution in [3.63, 3.8) is 0 Å². The summed E-state index contributed by atoms with van der Waals surface area (Å²) in [4.78, 5) is 28.0. The molecule has 1 aromatic heterocycles. The topological polar surface area (TPSA) is 85.1 Å². The summed E-state index contributed by atoms with van der Waals surface area (Å²) in [5.74, 6) is 0.868. The maximum Gasteiger partial charge on any atom is 0.270 e. The van der Waals surface area contributed by atoms with Crippen molar-refractivity contribution in [1.29, 1.82) is 0 Å². The van der Waals surface area contributed by atoms with Crippen LogP contribution in [-0.4, -0.2) is 28.6 Å². The molecule has 0 saturated carbocycles. The first kappa shape index (κ1) is 18.5. The van der Waals surface area contributed by atoms with Crippen LogP contribution in [0.15, 0.2) is 23.2 Å². The fraction of sp³-hybridized carbons (Fsp3) is 0.562. The lowest BCUT2D eigenvalue weighted by Gasteiger charge is -2.17. The molecule has 0 aliphatic rings. The molecule has 1 aromatic rings. The van der Waals surface area contributed by atoms with E-state index >= 15 is 0 Å². The van der Waals surface area contributed by atoms with E-state index in [0.29, 0.717) is 18.0 Å². The average molecular weight is 323 g/mol. The van der Waals surface area contributed by atoms with Crippen LogP contribution < -0.4 is 11.1 Å². The fourth-order valence-electron chi connectivity index (χ4n) is 1.82. The minimum absolute atomic E-state index is 0.263. The van der Waals surface area contributed by atoms with Gasteiger partial charge in [0.2, 0.25) is 5.91 Å². The second kappa shape index (κ2) is 8.78.